The number of ketones is 1. The van der Waals surface area contributed by atoms with E-state index in [1.165, 1.54) is 7.11 Å². The van der Waals surface area contributed by atoms with Crippen LogP contribution in [0.4, 0.5) is 0 Å². The van der Waals surface area contributed by atoms with Gasteiger partial charge in [-0.3, -0.25) is 19.2 Å². The second-order valence-electron chi connectivity index (χ2n) is 7.55. The summed E-state index contributed by atoms with van der Waals surface area (Å²) in [5.74, 6) is -1.48. The Labute approximate surface area is 184 Å². The first-order valence-electron chi connectivity index (χ1n) is 10.3. The zero-order valence-electron chi connectivity index (χ0n) is 17.5. The second kappa shape index (κ2) is 9.52. The minimum absolute atomic E-state index is 0.145. The van der Waals surface area contributed by atoms with Crippen molar-refractivity contribution in [3.8, 4) is 5.82 Å². The number of nitrogens with one attached hydrogen (secondary N) is 2. The van der Waals surface area contributed by atoms with Gasteiger partial charge in [-0.05, 0) is 36.6 Å². The third kappa shape index (κ3) is 4.89. The summed E-state index contributed by atoms with van der Waals surface area (Å²) in [4.78, 5) is 46.8. The summed E-state index contributed by atoms with van der Waals surface area (Å²) >= 11 is 0. The highest BCUT2D eigenvalue weighted by Gasteiger charge is 2.29. The minimum atomic E-state index is -1.09. The third-order valence-corrected chi connectivity index (χ3v) is 5.18. The fraction of sp³-hybridized carbons (Fsp3) is 0.261. The lowest BCUT2D eigenvalue weighted by Crippen LogP contribution is -2.48. The van der Waals surface area contributed by atoms with Crippen molar-refractivity contribution in [2.45, 2.75) is 31.2 Å². The number of hydroxylamine groups is 1. The number of amides is 2. The molecule has 164 valence electrons. The molecule has 3 aromatic rings. The van der Waals surface area contributed by atoms with Crippen LogP contribution in [0.3, 0.4) is 0 Å². The Hall–Kier alpha value is -3.85. The van der Waals surface area contributed by atoms with Crippen molar-refractivity contribution in [2.24, 2.45) is 0 Å². The number of carbonyl (C=O) groups is 3. The molecule has 0 bridgehead atoms. The van der Waals surface area contributed by atoms with E-state index in [4.69, 9.17) is 0 Å². The number of rotatable bonds is 9. The van der Waals surface area contributed by atoms with Crippen molar-refractivity contribution < 1.29 is 19.2 Å². The van der Waals surface area contributed by atoms with Gasteiger partial charge in [-0.2, -0.15) is 5.10 Å². The van der Waals surface area contributed by atoms with Gasteiger partial charge in [0, 0.05) is 24.7 Å². The summed E-state index contributed by atoms with van der Waals surface area (Å²) in [6, 6.07) is 13.2. The van der Waals surface area contributed by atoms with Crippen molar-refractivity contribution in [2.75, 3.05) is 7.11 Å². The number of hydrogen-bond acceptors (Lipinski definition) is 6. The third-order valence-electron chi connectivity index (χ3n) is 5.18. The van der Waals surface area contributed by atoms with Crippen LogP contribution in [-0.2, 0) is 20.8 Å². The minimum Gasteiger partial charge on any atom is -0.341 e. The molecule has 1 aliphatic rings. The molecule has 1 fully saturated rings. The van der Waals surface area contributed by atoms with E-state index in [0.717, 1.165) is 24.1 Å². The number of benzene rings is 1. The molecule has 9 heteroatoms. The highest BCUT2D eigenvalue weighted by Crippen LogP contribution is 2.39. The van der Waals surface area contributed by atoms with Crippen LogP contribution in [0.5, 0.6) is 0 Å². The molecule has 1 atom stereocenters. The standard InChI is InChI=1S/C23H23N5O4/c1-32-27-23(31)20(29)19(14-15-6-3-2-4-7-15)25-22(30)17-8-5-12-24-21(17)28-13-11-18(26-28)16-9-10-16/h2-8,11-13,16,19H,9-10,14H2,1H3,(H,25,30)(H,27,31)/t19-/m1/s1. The van der Waals surface area contributed by atoms with E-state index in [1.54, 1.807) is 29.2 Å². The maximum Gasteiger partial charge on any atom is 0.313 e. The summed E-state index contributed by atoms with van der Waals surface area (Å²) in [5.41, 5.74) is 4.02. The van der Waals surface area contributed by atoms with Gasteiger partial charge in [0.2, 0.25) is 5.78 Å². The Bertz CT molecular complexity index is 1120. The molecule has 0 radical (unpaired) electrons. The molecule has 2 aromatic heterocycles. The summed E-state index contributed by atoms with van der Waals surface area (Å²) in [6.45, 7) is 0. The molecule has 1 aliphatic carbocycles. The highest BCUT2D eigenvalue weighted by atomic mass is 16.6. The molecule has 32 heavy (non-hydrogen) atoms. The second-order valence-corrected chi connectivity index (χ2v) is 7.55. The largest absolute Gasteiger partial charge is 0.341 e. The Kier molecular flexibility index (Phi) is 6.37. The van der Waals surface area contributed by atoms with Crippen LogP contribution in [0, 0.1) is 0 Å². The lowest BCUT2D eigenvalue weighted by atomic mass is 10.0. The van der Waals surface area contributed by atoms with Gasteiger partial charge in [0.1, 0.15) is 6.04 Å². The van der Waals surface area contributed by atoms with Crippen LogP contribution < -0.4 is 10.8 Å². The van der Waals surface area contributed by atoms with Crippen LogP contribution >= 0.6 is 0 Å². The molecule has 2 amide bonds. The molecule has 0 unspecified atom stereocenters. The van der Waals surface area contributed by atoms with E-state index in [9.17, 15) is 14.4 Å². The Balaban J connectivity index is 1.58. The molecule has 1 aromatic carbocycles. The maximum atomic E-state index is 13.2. The predicted octanol–water partition coefficient (Wildman–Crippen LogP) is 1.73. The van der Waals surface area contributed by atoms with Gasteiger partial charge in [0.15, 0.2) is 5.82 Å². The van der Waals surface area contributed by atoms with Gasteiger partial charge in [0.25, 0.3) is 5.91 Å². The van der Waals surface area contributed by atoms with Gasteiger partial charge in [-0.25, -0.2) is 15.1 Å². The van der Waals surface area contributed by atoms with Crippen molar-refractivity contribution in [1.29, 1.82) is 0 Å². The highest BCUT2D eigenvalue weighted by molar-refractivity contribution is 6.38. The molecule has 0 aliphatic heterocycles. The first-order valence-corrected chi connectivity index (χ1v) is 10.3. The molecule has 2 heterocycles. The molecule has 4 rings (SSSR count). The average Bonchev–Trinajstić information content (AvgIpc) is 3.55. The van der Waals surface area contributed by atoms with Crippen molar-refractivity contribution >= 4 is 17.6 Å². The average molecular weight is 433 g/mol. The van der Waals surface area contributed by atoms with E-state index in [2.05, 4.69) is 20.2 Å². The molecule has 1 saturated carbocycles. The van der Waals surface area contributed by atoms with Crippen LogP contribution in [-0.4, -0.2) is 45.5 Å². The van der Waals surface area contributed by atoms with Crippen molar-refractivity contribution in [1.82, 2.24) is 25.6 Å². The summed E-state index contributed by atoms with van der Waals surface area (Å²) in [7, 11) is 1.23. The van der Waals surface area contributed by atoms with Crippen LogP contribution in [0.25, 0.3) is 5.82 Å². The first-order chi connectivity index (χ1) is 15.6. The lowest BCUT2D eigenvalue weighted by molar-refractivity contribution is -0.145. The molecule has 9 nitrogen and oxygen atoms in total. The number of hydrogen-bond donors (Lipinski definition) is 2. The first kappa shape index (κ1) is 21.4. The van der Waals surface area contributed by atoms with E-state index < -0.39 is 23.6 Å². The monoisotopic (exact) mass is 433 g/mol. The number of aromatic nitrogens is 3. The zero-order valence-corrected chi connectivity index (χ0v) is 17.5. The molecule has 0 spiro atoms. The summed E-state index contributed by atoms with van der Waals surface area (Å²) in [5, 5.41) is 7.23. The zero-order chi connectivity index (χ0) is 22.5. The number of Topliss-reactive ketones (excluding diaryl/α,β-unsaturated/α-hetero) is 1. The van der Waals surface area contributed by atoms with E-state index >= 15 is 0 Å². The normalized spacial score (nSPS) is 13.9. The fourth-order valence-electron chi connectivity index (χ4n) is 3.41. The van der Waals surface area contributed by atoms with Crippen LogP contribution in [0.2, 0.25) is 0 Å². The van der Waals surface area contributed by atoms with E-state index in [1.807, 2.05) is 41.9 Å². The van der Waals surface area contributed by atoms with E-state index in [-0.39, 0.29) is 12.0 Å². The van der Waals surface area contributed by atoms with E-state index in [0.29, 0.717) is 11.7 Å². The number of nitrogens with zero attached hydrogens (tertiary/aromatic N) is 3. The fourth-order valence-corrected chi connectivity index (χ4v) is 3.41. The molecule has 0 saturated heterocycles. The molecule has 2 N–H and O–H groups in total. The quantitative estimate of drug-likeness (QED) is 0.392. The van der Waals surface area contributed by atoms with Gasteiger partial charge in [-0.1, -0.05) is 30.3 Å². The predicted molar refractivity (Wildman–Crippen MR) is 115 cm³/mol. The van der Waals surface area contributed by atoms with Gasteiger partial charge < -0.3 is 5.32 Å². The lowest BCUT2D eigenvalue weighted by Gasteiger charge is -2.18. The Morgan fingerprint density at radius 2 is 1.91 bits per heavy atom. The van der Waals surface area contributed by atoms with Crippen molar-refractivity contribution in [3.63, 3.8) is 0 Å². The summed E-state index contributed by atoms with van der Waals surface area (Å²) < 4.78 is 1.56. The van der Waals surface area contributed by atoms with Crippen molar-refractivity contribution in [3.05, 3.63) is 77.7 Å². The van der Waals surface area contributed by atoms with Gasteiger partial charge in [-0.15, -0.1) is 0 Å². The van der Waals surface area contributed by atoms with Gasteiger partial charge in [0.05, 0.1) is 18.4 Å². The van der Waals surface area contributed by atoms with Gasteiger partial charge >= 0.3 is 5.91 Å². The smallest absolute Gasteiger partial charge is 0.313 e. The summed E-state index contributed by atoms with van der Waals surface area (Å²) in [6.07, 6.45) is 5.71. The topological polar surface area (TPSA) is 115 Å². The molecular weight excluding hydrogens is 410 g/mol. The van der Waals surface area contributed by atoms with Crippen LogP contribution in [0.15, 0.2) is 60.9 Å². The number of pyridine rings is 1. The Morgan fingerprint density at radius 3 is 2.62 bits per heavy atom. The number of carbonyl (C=O) groups excluding carboxylic acids is 3. The van der Waals surface area contributed by atoms with Crippen LogP contribution in [0.1, 0.15) is 40.4 Å². The SMILES string of the molecule is CONC(=O)C(=O)[C@@H](Cc1ccccc1)NC(=O)c1cccnc1-n1ccc(C2CC2)n1. The molecular formula is C23H23N5O4. The maximum absolute atomic E-state index is 13.2. The Morgan fingerprint density at radius 1 is 1.12 bits per heavy atom.